The van der Waals surface area contributed by atoms with Crippen molar-refractivity contribution >= 4 is 10.0 Å². The molecule has 1 fully saturated rings. The predicted molar refractivity (Wildman–Crippen MR) is 75.6 cm³/mol. The van der Waals surface area contributed by atoms with Crippen LogP contribution in [0.2, 0.25) is 0 Å². The number of likely N-dealkylation sites (tertiary alicyclic amines) is 1. The van der Waals surface area contributed by atoms with Crippen LogP contribution in [-0.2, 0) is 16.6 Å². The number of aliphatic hydroxyl groups excluding tert-OH is 1. The van der Waals surface area contributed by atoms with Gasteiger partial charge in [-0.05, 0) is 38.1 Å². The summed E-state index contributed by atoms with van der Waals surface area (Å²) in [7, 11) is 0.0458. The third kappa shape index (κ3) is 3.17. The van der Waals surface area contributed by atoms with Crippen molar-refractivity contribution in [2.75, 3.05) is 27.2 Å². The molecule has 1 aromatic rings. The van der Waals surface area contributed by atoms with Crippen molar-refractivity contribution in [1.29, 1.82) is 0 Å². The minimum absolute atomic E-state index is 0.0258. The van der Waals surface area contributed by atoms with Crippen LogP contribution in [0.4, 0.5) is 0 Å². The van der Waals surface area contributed by atoms with Crippen LogP contribution in [0.1, 0.15) is 18.4 Å². The van der Waals surface area contributed by atoms with Crippen LogP contribution in [0.3, 0.4) is 0 Å². The second-order valence-electron chi connectivity index (χ2n) is 5.23. The molecule has 2 heterocycles. The highest BCUT2D eigenvalue weighted by Crippen LogP contribution is 2.19. The standard InChI is InChI=1S/C13H21N3O3S/c1-15-7-3-4-12(15)9-16(2)20(18,19)13-6-5-11(10-17)8-14-13/h5-6,8,12,17H,3-4,7,9-10H2,1-2H3. The quantitative estimate of drug-likeness (QED) is 0.846. The SMILES string of the molecule is CN1CCCC1CN(C)S(=O)(=O)c1ccc(CO)cn1. The summed E-state index contributed by atoms with van der Waals surface area (Å²) in [6.45, 7) is 1.35. The summed E-state index contributed by atoms with van der Waals surface area (Å²) >= 11 is 0. The molecule has 0 aromatic carbocycles. The van der Waals surface area contributed by atoms with Crippen molar-refractivity contribution < 1.29 is 13.5 Å². The molecule has 0 aliphatic carbocycles. The lowest BCUT2D eigenvalue weighted by molar-refractivity contribution is 0.270. The van der Waals surface area contributed by atoms with Gasteiger partial charge in [-0.3, -0.25) is 0 Å². The van der Waals surface area contributed by atoms with Gasteiger partial charge in [0.25, 0.3) is 10.0 Å². The van der Waals surface area contributed by atoms with Crippen molar-refractivity contribution in [3.05, 3.63) is 23.9 Å². The van der Waals surface area contributed by atoms with E-state index in [1.807, 2.05) is 7.05 Å². The Balaban J connectivity index is 2.11. The normalized spacial score (nSPS) is 20.7. The Kier molecular flexibility index (Phi) is 4.74. The molecule has 1 aromatic heterocycles. The van der Waals surface area contributed by atoms with Crippen LogP contribution >= 0.6 is 0 Å². The molecule has 1 aliphatic rings. The van der Waals surface area contributed by atoms with E-state index in [-0.39, 0.29) is 17.7 Å². The van der Waals surface area contributed by atoms with Gasteiger partial charge >= 0.3 is 0 Å². The number of pyridine rings is 1. The van der Waals surface area contributed by atoms with Crippen molar-refractivity contribution in [2.45, 2.75) is 30.5 Å². The van der Waals surface area contributed by atoms with E-state index >= 15 is 0 Å². The number of rotatable bonds is 5. The minimum atomic E-state index is -3.56. The Bertz CT molecular complexity index is 544. The van der Waals surface area contributed by atoms with Crippen LogP contribution in [0.25, 0.3) is 0 Å². The Morgan fingerprint density at radius 3 is 2.75 bits per heavy atom. The first-order valence-electron chi connectivity index (χ1n) is 6.67. The van der Waals surface area contributed by atoms with Crippen molar-refractivity contribution in [2.24, 2.45) is 0 Å². The smallest absolute Gasteiger partial charge is 0.260 e. The zero-order chi connectivity index (χ0) is 14.8. The van der Waals surface area contributed by atoms with E-state index in [1.54, 1.807) is 13.1 Å². The van der Waals surface area contributed by atoms with E-state index in [2.05, 4.69) is 9.88 Å². The van der Waals surface area contributed by atoms with Crippen LogP contribution in [0.15, 0.2) is 23.4 Å². The van der Waals surface area contributed by atoms with Crippen LogP contribution in [-0.4, -0.2) is 60.9 Å². The Morgan fingerprint density at radius 2 is 2.25 bits per heavy atom. The molecule has 0 radical (unpaired) electrons. The van der Waals surface area contributed by atoms with Gasteiger partial charge in [0.15, 0.2) is 5.03 Å². The number of aromatic nitrogens is 1. The molecule has 6 nitrogen and oxygen atoms in total. The molecule has 0 spiro atoms. The van der Waals surface area contributed by atoms with Crippen molar-refractivity contribution in [3.63, 3.8) is 0 Å². The van der Waals surface area contributed by atoms with Crippen molar-refractivity contribution in [1.82, 2.24) is 14.2 Å². The minimum Gasteiger partial charge on any atom is -0.392 e. The second kappa shape index (κ2) is 6.17. The largest absolute Gasteiger partial charge is 0.392 e. The predicted octanol–water partition coefficient (Wildman–Crippen LogP) is 0.289. The van der Waals surface area contributed by atoms with E-state index in [1.165, 1.54) is 16.6 Å². The van der Waals surface area contributed by atoms with E-state index in [0.717, 1.165) is 19.4 Å². The highest BCUT2D eigenvalue weighted by molar-refractivity contribution is 7.89. The van der Waals surface area contributed by atoms with Gasteiger partial charge in [0.1, 0.15) is 0 Å². The molecule has 1 atom stereocenters. The molecule has 1 N–H and O–H groups in total. The van der Waals surface area contributed by atoms with E-state index in [4.69, 9.17) is 5.11 Å². The van der Waals surface area contributed by atoms with E-state index in [0.29, 0.717) is 12.1 Å². The molecular formula is C13H21N3O3S. The van der Waals surface area contributed by atoms with Gasteiger partial charge in [-0.25, -0.2) is 13.4 Å². The van der Waals surface area contributed by atoms with Crippen molar-refractivity contribution in [3.8, 4) is 0 Å². The summed E-state index contributed by atoms with van der Waals surface area (Å²) in [6.07, 6.45) is 3.52. The topological polar surface area (TPSA) is 73.7 Å². The number of hydrogen-bond acceptors (Lipinski definition) is 5. The molecule has 1 aliphatic heterocycles. The van der Waals surface area contributed by atoms with Crippen LogP contribution < -0.4 is 0 Å². The number of likely N-dealkylation sites (N-methyl/N-ethyl adjacent to an activating group) is 2. The van der Waals surface area contributed by atoms with Gasteiger partial charge in [0.2, 0.25) is 0 Å². The van der Waals surface area contributed by atoms with Crippen LogP contribution in [0, 0.1) is 0 Å². The van der Waals surface area contributed by atoms with Gasteiger partial charge in [-0.1, -0.05) is 6.07 Å². The zero-order valence-electron chi connectivity index (χ0n) is 11.9. The number of hydrogen-bond donors (Lipinski definition) is 1. The molecule has 1 unspecified atom stereocenters. The van der Waals surface area contributed by atoms with E-state index in [9.17, 15) is 8.42 Å². The second-order valence-corrected chi connectivity index (χ2v) is 7.22. The molecule has 112 valence electrons. The lowest BCUT2D eigenvalue weighted by Gasteiger charge is -2.25. The summed E-state index contributed by atoms with van der Waals surface area (Å²) in [4.78, 5) is 6.12. The highest BCUT2D eigenvalue weighted by Gasteiger charge is 2.28. The monoisotopic (exact) mass is 299 g/mol. The maximum Gasteiger partial charge on any atom is 0.260 e. The molecule has 20 heavy (non-hydrogen) atoms. The fraction of sp³-hybridized carbons (Fsp3) is 0.615. The number of sulfonamides is 1. The Labute approximate surface area is 120 Å². The van der Waals surface area contributed by atoms with E-state index < -0.39 is 10.0 Å². The molecule has 1 saturated heterocycles. The summed E-state index contributed by atoms with van der Waals surface area (Å²) in [5.41, 5.74) is 0.599. The van der Waals surface area contributed by atoms with Crippen LogP contribution in [0.5, 0.6) is 0 Å². The van der Waals surface area contributed by atoms with Gasteiger partial charge in [0.05, 0.1) is 6.61 Å². The fourth-order valence-corrected chi connectivity index (χ4v) is 3.54. The summed E-state index contributed by atoms with van der Waals surface area (Å²) < 4.78 is 26.2. The summed E-state index contributed by atoms with van der Waals surface area (Å²) in [6, 6.07) is 3.29. The first-order valence-corrected chi connectivity index (χ1v) is 8.11. The maximum atomic E-state index is 12.4. The fourth-order valence-electron chi connectivity index (χ4n) is 2.42. The Morgan fingerprint density at radius 1 is 1.50 bits per heavy atom. The molecule has 7 heteroatoms. The maximum absolute atomic E-state index is 12.4. The molecular weight excluding hydrogens is 278 g/mol. The molecule has 0 bridgehead atoms. The van der Waals surface area contributed by atoms with Gasteiger partial charge in [0, 0.05) is 25.8 Å². The summed E-state index contributed by atoms with van der Waals surface area (Å²) in [5.74, 6) is 0. The first kappa shape index (κ1) is 15.4. The average molecular weight is 299 g/mol. The molecule has 0 saturated carbocycles. The zero-order valence-corrected chi connectivity index (χ0v) is 12.7. The summed E-state index contributed by atoms with van der Waals surface area (Å²) in [5, 5.41) is 8.98. The van der Waals surface area contributed by atoms with Gasteiger partial charge < -0.3 is 10.0 Å². The Hall–Kier alpha value is -1.02. The average Bonchev–Trinajstić information content (AvgIpc) is 2.84. The van der Waals surface area contributed by atoms with Gasteiger partial charge in [-0.2, -0.15) is 4.31 Å². The lowest BCUT2D eigenvalue weighted by atomic mass is 10.2. The lowest BCUT2D eigenvalue weighted by Crippen LogP contribution is -2.39. The molecule has 2 rings (SSSR count). The highest BCUT2D eigenvalue weighted by atomic mass is 32.2. The van der Waals surface area contributed by atoms with Gasteiger partial charge in [-0.15, -0.1) is 0 Å². The first-order chi connectivity index (χ1) is 9.45. The number of aliphatic hydroxyl groups is 1. The number of nitrogens with zero attached hydrogens (tertiary/aromatic N) is 3. The third-order valence-corrected chi connectivity index (χ3v) is 5.53. The third-order valence-electron chi connectivity index (χ3n) is 3.79. The molecule has 0 amide bonds.